The highest BCUT2D eigenvalue weighted by molar-refractivity contribution is 7.91. The van der Waals surface area contributed by atoms with Crippen LogP contribution in [0.5, 0.6) is 11.6 Å². The summed E-state index contributed by atoms with van der Waals surface area (Å²) in [6, 6.07) is 8.99. The van der Waals surface area contributed by atoms with Gasteiger partial charge in [0.2, 0.25) is 11.8 Å². The van der Waals surface area contributed by atoms with E-state index in [0.717, 1.165) is 0 Å². The lowest BCUT2D eigenvalue weighted by atomic mass is 10.1. The molecule has 2 aromatic rings. The van der Waals surface area contributed by atoms with Gasteiger partial charge in [0.25, 0.3) is 0 Å². The van der Waals surface area contributed by atoms with Crippen molar-refractivity contribution in [3.8, 4) is 11.6 Å². The minimum atomic E-state index is -3.15. The third kappa shape index (κ3) is 3.70. The van der Waals surface area contributed by atoms with Gasteiger partial charge < -0.3 is 10.1 Å². The Hall–Kier alpha value is -2.48. The van der Waals surface area contributed by atoms with E-state index < -0.39 is 27.5 Å². The third-order valence-corrected chi connectivity index (χ3v) is 5.44. The van der Waals surface area contributed by atoms with E-state index in [2.05, 4.69) is 10.3 Å². The minimum Gasteiger partial charge on any atom is -0.434 e. The van der Waals surface area contributed by atoms with Crippen molar-refractivity contribution >= 4 is 21.4 Å². The highest BCUT2D eigenvalue weighted by Crippen LogP contribution is 2.29. The first-order valence-corrected chi connectivity index (χ1v) is 9.15. The zero-order chi connectivity index (χ0) is 17.2. The van der Waals surface area contributed by atoms with Crippen LogP contribution in [0.4, 0.5) is 10.1 Å². The third-order valence-electron chi connectivity index (χ3n) is 3.68. The summed E-state index contributed by atoms with van der Waals surface area (Å²) in [5, 5.41) is 2.62. The molecule has 0 bridgehead atoms. The number of halogens is 1. The smallest absolute Gasteiger partial charge is 0.243 e. The quantitative estimate of drug-likeness (QED) is 0.915. The van der Waals surface area contributed by atoms with Crippen molar-refractivity contribution in [2.24, 2.45) is 5.92 Å². The second kappa shape index (κ2) is 6.56. The summed E-state index contributed by atoms with van der Waals surface area (Å²) in [5.41, 5.74) is 0.259. The number of nitrogens with zero attached hydrogens (tertiary/aromatic N) is 1. The Kier molecular flexibility index (Phi) is 4.48. The van der Waals surface area contributed by atoms with Crippen molar-refractivity contribution in [1.82, 2.24) is 4.98 Å². The maximum absolute atomic E-state index is 13.7. The summed E-state index contributed by atoms with van der Waals surface area (Å²) in [5.74, 6) is -1.70. The molecule has 6 nitrogen and oxygen atoms in total. The average molecular weight is 350 g/mol. The molecule has 1 aliphatic heterocycles. The predicted molar refractivity (Wildman–Crippen MR) is 86.1 cm³/mol. The van der Waals surface area contributed by atoms with Gasteiger partial charge in [-0.3, -0.25) is 4.79 Å². The van der Waals surface area contributed by atoms with E-state index in [1.54, 1.807) is 18.2 Å². The molecule has 0 spiro atoms. The van der Waals surface area contributed by atoms with Crippen LogP contribution in [0.3, 0.4) is 0 Å². The number of pyridine rings is 1. The number of nitrogens with one attached hydrogen (secondary N) is 1. The first-order valence-electron chi connectivity index (χ1n) is 7.33. The number of benzene rings is 1. The highest BCUT2D eigenvalue weighted by Gasteiger charge is 2.33. The van der Waals surface area contributed by atoms with E-state index >= 15 is 0 Å². The summed E-state index contributed by atoms with van der Waals surface area (Å²) < 4.78 is 42.1. The summed E-state index contributed by atoms with van der Waals surface area (Å²) in [6.45, 7) is 0. The fourth-order valence-electron chi connectivity index (χ4n) is 2.44. The van der Waals surface area contributed by atoms with Crippen LogP contribution in [0.15, 0.2) is 42.6 Å². The molecule has 1 atom stereocenters. The Morgan fingerprint density at radius 1 is 1.25 bits per heavy atom. The molecule has 1 aromatic heterocycles. The van der Waals surface area contributed by atoms with Crippen LogP contribution >= 0.6 is 0 Å². The Bertz CT molecular complexity index is 870. The molecule has 1 saturated heterocycles. The number of para-hydroxylation sites is 1. The van der Waals surface area contributed by atoms with Crippen molar-refractivity contribution in [2.45, 2.75) is 6.42 Å². The second-order valence-electron chi connectivity index (χ2n) is 5.48. The molecule has 1 aromatic carbocycles. The first kappa shape index (κ1) is 16.4. The van der Waals surface area contributed by atoms with Crippen molar-refractivity contribution in [3.63, 3.8) is 0 Å². The minimum absolute atomic E-state index is 0.0106. The fraction of sp³-hybridized carbons (Fsp3) is 0.250. The molecule has 126 valence electrons. The van der Waals surface area contributed by atoms with Crippen LogP contribution in [0, 0.1) is 11.7 Å². The SMILES string of the molecule is O=C(Nc1cccnc1Oc1ccccc1F)C1CCS(=O)(=O)C1. The fourth-order valence-corrected chi connectivity index (χ4v) is 4.18. The predicted octanol–water partition coefficient (Wildman–Crippen LogP) is 2.39. The Morgan fingerprint density at radius 3 is 2.75 bits per heavy atom. The monoisotopic (exact) mass is 350 g/mol. The average Bonchev–Trinajstić information content (AvgIpc) is 2.91. The van der Waals surface area contributed by atoms with Gasteiger partial charge in [0.05, 0.1) is 17.4 Å². The lowest BCUT2D eigenvalue weighted by Gasteiger charge is -2.13. The van der Waals surface area contributed by atoms with Gasteiger partial charge in [-0.05, 0) is 30.7 Å². The molecular formula is C16H15FN2O4S. The number of amides is 1. The van der Waals surface area contributed by atoms with Gasteiger partial charge in [-0.25, -0.2) is 17.8 Å². The van der Waals surface area contributed by atoms with Gasteiger partial charge in [-0.1, -0.05) is 12.1 Å². The molecule has 2 heterocycles. The molecule has 1 fully saturated rings. The van der Waals surface area contributed by atoms with Crippen LogP contribution in [-0.2, 0) is 14.6 Å². The first-order chi connectivity index (χ1) is 11.4. The summed E-state index contributed by atoms with van der Waals surface area (Å²) in [6.07, 6.45) is 1.74. The molecule has 0 radical (unpaired) electrons. The van der Waals surface area contributed by atoms with Gasteiger partial charge in [0, 0.05) is 6.20 Å². The van der Waals surface area contributed by atoms with Crippen molar-refractivity contribution in [1.29, 1.82) is 0 Å². The normalized spacial score (nSPS) is 19.0. The topological polar surface area (TPSA) is 85.4 Å². The number of carbonyl (C=O) groups excluding carboxylic acids is 1. The number of carbonyl (C=O) groups is 1. The molecule has 24 heavy (non-hydrogen) atoms. The van der Waals surface area contributed by atoms with E-state index in [-0.39, 0.29) is 35.2 Å². The number of ether oxygens (including phenoxy) is 1. The van der Waals surface area contributed by atoms with Gasteiger partial charge in [-0.15, -0.1) is 0 Å². The van der Waals surface area contributed by atoms with E-state index in [4.69, 9.17) is 4.74 Å². The van der Waals surface area contributed by atoms with Crippen LogP contribution in [0.1, 0.15) is 6.42 Å². The van der Waals surface area contributed by atoms with Gasteiger partial charge in [0.1, 0.15) is 5.69 Å². The summed E-state index contributed by atoms with van der Waals surface area (Å²) >= 11 is 0. The van der Waals surface area contributed by atoms with E-state index in [9.17, 15) is 17.6 Å². The molecule has 1 amide bonds. The number of sulfone groups is 1. The molecule has 0 saturated carbocycles. The number of anilines is 1. The molecular weight excluding hydrogens is 335 g/mol. The highest BCUT2D eigenvalue weighted by atomic mass is 32.2. The second-order valence-corrected chi connectivity index (χ2v) is 7.71. The van der Waals surface area contributed by atoms with Gasteiger partial charge in [0.15, 0.2) is 21.4 Å². The van der Waals surface area contributed by atoms with E-state index in [0.29, 0.717) is 0 Å². The maximum atomic E-state index is 13.7. The van der Waals surface area contributed by atoms with Crippen molar-refractivity contribution in [3.05, 3.63) is 48.4 Å². The number of rotatable bonds is 4. The van der Waals surface area contributed by atoms with Gasteiger partial charge in [-0.2, -0.15) is 0 Å². The molecule has 8 heteroatoms. The Balaban J connectivity index is 1.77. The Labute approximate surface area is 138 Å². The van der Waals surface area contributed by atoms with Crippen LogP contribution < -0.4 is 10.1 Å². The van der Waals surface area contributed by atoms with E-state index in [1.165, 1.54) is 24.4 Å². The standard InChI is InChI=1S/C16H15FN2O4S/c17-12-4-1-2-6-14(12)23-16-13(5-3-8-18-16)19-15(20)11-7-9-24(21,22)10-11/h1-6,8,11H,7,9-10H2,(H,19,20). The largest absolute Gasteiger partial charge is 0.434 e. The van der Waals surface area contributed by atoms with Crippen LogP contribution in [-0.4, -0.2) is 30.8 Å². The zero-order valence-corrected chi connectivity index (χ0v) is 13.4. The molecule has 1 aliphatic rings. The summed E-state index contributed by atoms with van der Waals surface area (Å²) in [7, 11) is -3.15. The molecule has 3 rings (SSSR count). The molecule has 1 N–H and O–H groups in total. The lowest BCUT2D eigenvalue weighted by molar-refractivity contribution is -0.119. The number of hydrogen-bond donors (Lipinski definition) is 1. The van der Waals surface area contributed by atoms with Crippen molar-refractivity contribution in [2.75, 3.05) is 16.8 Å². The van der Waals surface area contributed by atoms with Gasteiger partial charge >= 0.3 is 0 Å². The zero-order valence-electron chi connectivity index (χ0n) is 12.6. The van der Waals surface area contributed by atoms with Crippen molar-refractivity contribution < 1.29 is 22.3 Å². The number of hydrogen-bond acceptors (Lipinski definition) is 5. The van der Waals surface area contributed by atoms with Crippen LogP contribution in [0.2, 0.25) is 0 Å². The van der Waals surface area contributed by atoms with Crippen LogP contribution in [0.25, 0.3) is 0 Å². The lowest BCUT2D eigenvalue weighted by Crippen LogP contribution is -2.24. The Morgan fingerprint density at radius 2 is 2.04 bits per heavy atom. The summed E-state index contributed by atoms with van der Waals surface area (Å²) in [4.78, 5) is 16.2. The molecule has 0 aliphatic carbocycles. The maximum Gasteiger partial charge on any atom is 0.243 e. The molecule has 1 unspecified atom stereocenters. The number of aromatic nitrogens is 1. The van der Waals surface area contributed by atoms with E-state index in [1.807, 2.05) is 0 Å².